The molecule has 4 heteroatoms. The van der Waals surface area contributed by atoms with E-state index in [4.69, 9.17) is 5.73 Å². The second kappa shape index (κ2) is 3.62. The van der Waals surface area contributed by atoms with E-state index in [2.05, 4.69) is 4.98 Å². The van der Waals surface area contributed by atoms with Crippen molar-refractivity contribution in [2.45, 2.75) is 18.9 Å². The van der Waals surface area contributed by atoms with Gasteiger partial charge in [0.05, 0.1) is 5.54 Å². The van der Waals surface area contributed by atoms with Crippen molar-refractivity contribution in [1.29, 1.82) is 0 Å². The molecule has 0 unspecified atom stereocenters. The molecule has 2 rings (SSSR count). The number of hydrogen-bond acceptors (Lipinski definition) is 3. The number of rotatable bonds is 2. The van der Waals surface area contributed by atoms with Gasteiger partial charge in [-0.15, -0.1) is 0 Å². The Morgan fingerprint density at radius 3 is 2.67 bits per heavy atom. The second-order valence-corrected chi connectivity index (χ2v) is 4.11. The molecular formula is C11H15N3O. The van der Waals surface area contributed by atoms with Crippen LogP contribution in [0.15, 0.2) is 24.5 Å². The standard InChI is InChI=1S/C11H15N3O/c1-2-11(12)7-14(8-11)10(15)9-3-5-13-6-4-9/h3-6H,2,7-8,12H2,1H3. The monoisotopic (exact) mass is 205 g/mol. The minimum absolute atomic E-state index is 0.0481. The molecule has 2 N–H and O–H groups in total. The van der Waals surface area contributed by atoms with Crippen molar-refractivity contribution < 1.29 is 4.79 Å². The summed E-state index contributed by atoms with van der Waals surface area (Å²) in [5.74, 6) is 0.0481. The molecule has 0 bridgehead atoms. The Kier molecular flexibility index (Phi) is 2.44. The van der Waals surface area contributed by atoms with Crippen molar-refractivity contribution in [2.24, 2.45) is 5.73 Å². The third-order valence-corrected chi connectivity index (χ3v) is 2.93. The molecule has 1 aliphatic rings. The molecule has 0 saturated carbocycles. The number of carbonyl (C=O) groups excluding carboxylic acids is 1. The Labute approximate surface area is 89.1 Å². The molecule has 1 amide bonds. The van der Waals surface area contributed by atoms with Gasteiger partial charge >= 0.3 is 0 Å². The molecule has 15 heavy (non-hydrogen) atoms. The normalized spacial score (nSPS) is 18.4. The molecule has 1 fully saturated rings. The molecule has 1 aromatic rings. The van der Waals surface area contributed by atoms with E-state index in [1.807, 2.05) is 6.92 Å². The van der Waals surface area contributed by atoms with Crippen LogP contribution in [-0.2, 0) is 0 Å². The van der Waals surface area contributed by atoms with Crippen LogP contribution < -0.4 is 5.73 Å². The van der Waals surface area contributed by atoms with Gasteiger partial charge in [0.15, 0.2) is 0 Å². The summed E-state index contributed by atoms with van der Waals surface area (Å²) in [4.78, 5) is 17.5. The fraction of sp³-hybridized carbons (Fsp3) is 0.455. The van der Waals surface area contributed by atoms with Gasteiger partial charge in [0.2, 0.25) is 0 Å². The first-order chi connectivity index (χ1) is 7.14. The molecule has 0 aromatic carbocycles. The molecule has 0 aliphatic carbocycles. The lowest BCUT2D eigenvalue weighted by atomic mass is 9.88. The van der Waals surface area contributed by atoms with Crippen LogP contribution in [0, 0.1) is 0 Å². The predicted octanol–water partition coefficient (Wildman–Crippen LogP) is 0.645. The first-order valence-electron chi connectivity index (χ1n) is 5.13. The summed E-state index contributed by atoms with van der Waals surface area (Å²) in [6.45, 7) is 3.36. The van der Waals surface area contributed by atoms with Gasteiger partial charge in [-0.1, -0.05) is 6.92 Å². The zero-order chi connectivity index (χ0) is 10.9. The third-order valence-electron chi connectivity index (χ3n) is 2.93. The zero-order valence-corrected chi connectivity index (χ0v) is 8.81. The molecule has 1 aromatic heterocycles. The number of likely N-dealkylation sites (tertiary alicyclic amines) is 1. The highest BCUT2D eigenvalue weighted by Gasteiger charge is 2.40. The summed E-state index contributed by atoms with van der Waals surface area (Å²) in [6, 6.07) is 3.45. The Balaban J connectivity index is 2.01. The SMILES string of the molecule is CCC1(N)CN(C(=O)c2ccncc2)C1. The van der Waals surface area contributed by atoms with Gasteiger partial charge in [-0.05, 0) is 18.6 Å². The number of carbonyl (C=O) groups is 1. The number of nitrogens with two attached hydrogens (primary N) is 1. The van der Waals surface area contributed by atoms with E-state index >= 15 is 0 Å². The van der Waals surface area contributed by atoms with Crippen LogP contribution in [0.3, 0.4) is 0 Å². The number of aromatic nitrogens is 1. The van der Waals surface area contributed by atoms with Gasteiger partial charge in [-0.3, -0.25) is 9.78 Å². The highest BCUT2D eigenvalue weighted by atomic mass is 16.2. The molecule has 0 spiro atoms. The maximum Gasteiger partial charge on any atom is 0.254 e. The Bertz CT molecular complexity index is 357. The molecule has 0 atom stereocenters. The topological polar surface area (TPSA) is 59.2 Å². The van der Waals surface area contributed by atoms with Crippen molar-refractivity contribution in [3.05, 3.63) is 30.1 Å². The van der Waals surface area contributed by atoms with E-state index in [1.165, 1.54) is 0 Å². The Morgan fingerprint density at radius 2 is 2.13 bits per heavy atom. The van der Waals surface area contributed by atoms with Gasteiger partial charge in [0.25, 0.3) is 5.91 Å². The van der Waals surface area contributed by atoms with Gasteiger partial charge in [0, 0.05) is 31.0 Å². The van der Waals surface area contributed by atoms with Gasteiger partial charge in [-0.25, -0.2) is 0 Å². The van der Waals surface area contributed by atoms with E-state index in [9.17, 15) is 4.79 Å². The van der Waals surface area contributed by atoms with Crippen LogP contribution in [-0.4, -0.2) is 34.4 Å². The van der Waals surface area contributed by atoms with Gasteiger partial charge < -0.3 is 10.6 Å². The van der Waals surface area contributed by atoms with Crippen molar-refractivity contribution in [3.63, 3.8) is 0 Å². The highest BCUT2D eigenvalue weighted by molar-refractivity contribution is 5.94. The van der Waals surface area contributed by atoms with Crippen molar-refractivity contribution in [3.8, 4) is 0 Å². The van der Waals surface area contributed by atoms with Gasteiger partial charge in [0.1, 0.15) is 0 Å². The second-order valence-electron chi connectivity index (χ2n) is 4.11. The lowest BCUT2D eigenvalue weighted by Gasteiger charge is -2.47. The lowest BCUT2D eigenvalue weighted by Crippen LogP contribution is -2.68. The predicted molar refractivity (Wildman–Crippen MR) is 57.3 cm³/mol. The largest absolute Gasteiger partial charge is 0.335 e. The number of hydrogen-bond donors (Lipinski definition) is 1. The molecule has 4 nitrogen and oxygen atoms in total. The maximum absolute atomic E-state index is 11.9. The molecule has 2 heterocycles. The average Bonchev–Trinajstić information content (AvgIpc) is 2.25. The van der Waals surface area contributed by atoms with Crippen molar-refractivity contribution in [2.75, 3.05) is 13.1 Å². The van der Waals surface area contributed by atoms with Crippen molar-refractivity contribution >= 4 is 5.91 Å². The molecule has 80 valence electrons. The fourth-order valence-corrected chi connectivity index (χ4v) is 1.76. The van der Waals surface area contributed by atoms with Crippen LogP contribution in [0.5, 0.6) is 0 Å². The van der Waals surface area contributed by atoms with E-state index in [-0.39, 0.29) is 11.4 Å². The minimum atomic E-state index is -0.164. The van der Waals surface area contributed by atoms with Crippen LogP contribution in [0.25, 0.3) is 0 Å². The molecule has 1 aliphatic heterocycles. The Hall–Kier alpha value is -1.42. The number of pyridine rings is 1. The van der Waals surface area contributed by atoms with E-state index < -0.39 is 0 Å². The van der Waals surface area contributed by atoms with E-state index in [1.54, 1.807) is 29.4 Å². The number of nitrogens with zero attached hydrogens (tertiary/aromatic N) is 2. The number of amides is 1. The van der Waals surface area contributed by atoms with E-state index in [0.717, 1.165) is 6.42 Å². The first-order valence-corrected chi connectivity index (χ1v) is 5.13. The molecule has 1 saturated heterocycles. The van der Waals surface area contributed by atoms with Crippen LogP contribution in [0.1, 0.15) is 23.7 Å². The maximum atomic E-state index is 11.9. The van der Waals surface area contributed by atoms with Crippen LogP contribution in [0.4, 0.5) is 0 Å². The zero-order valence-electron chi connectivity index (χ0n) is 8.81. The third kappa shape index (κ3) is 1.85. The first kappa shape index (κ1) is 10.1. The van der Waals surface area contributed by atoms with Crippen molar-refractivity contribution in [1.82, 2.24) is 9.88 Å². The summed E-state index contributed by atoms with van der Waals surface area (Å²) in [5.41, 5.74) is 6.52. The molecular weight excluding hydrogens is 190 g/mol. The fourth-order valence-electron chi connectivity index (χ4n) is 1.76. The highest BCUT2D eigenvalue weighted by Crippen LogP contribution is 2.23. The van der Waals surface area contributed by atoms with E-state index in [0.29, 0.717) is 18.7 Å². The average molecular weight is 205 g/mol. The van der Waals surface area contributed by atoms with Crippen LogP contribution >= 0.6 is 0 Å². The quantitative estimate of drug-likeness (QED) is 0.771. The molecule has 0 radical (unpaired) electrons. The lowest BCUT2D eigenvalue weighted by molar-refractivity contribution is 0.0401. The summed E-state index contributed by atoms with van der Waals surface area (Å²) >= 11 is 0. The smallest absolute Gasteiger partial charge is 0.254 e. The summed E-state index contributed by atoms with van der Waals surface area (Å²) in [5, 5.41) is 0. The Morgan fingerprint density at radius 1 is 1.53 bits per heavy atom. The van der Waals surface area contributed by atoms with Crippen LogP contribution in [0.2, 0.25) is 0 Å². The summed E-state index contributed by atoms with van der Waals surface area (Å²) < 4.78 is 0. The minimum Gasteiger partial charge on any atom is -0.335 e. The van der Waals surface area contributed by atoms with Gasteiger partial charge in [-0.2, -0.15) is 0 Å². The summed E-state index contributed by atoms with van der Waals surface area (Å²) in [7, 11) is 0. The summed E-state index contributed by atoms with van der Waals surface area (Å²) in [6.07, 6.45) is 4.16.